The molecule has 0 aliphatic carbocycles. The minimum Gasteiger partial charge on any atom is -0.492 e. The van der Waals surface area contributed by atoms with Gasteiger partial charge in [-0.15, -0.1) is 0 Å². The maximum Gasteiger partial charge on any atom is 0.259 e. The van der Waals surface area contributed by atoms with Crippen LogP contribution in [0.1, 0.15) is 61.2 Å². The number of nitrogens with zero attached hydrogens (tertiary/aromatic N) is 5. The molecule has 0 saturated heterocycles. The topological polar surface area (TPSA) is 78.3 Å². The fraction of sp³-hybridized carbons (Fsp3) is 0.326. The van der Waals surface area contributed by atoms with Crippen molar-refractivity contribution in [3.8, 4) is 17.0 Å². The molecule has 0 unspecified atom stereocenters. The minimum atomic E-state index is -0.114. The van der Waals surface area contributed by atoms with Crippen molar-refractivity contribution in [3.05, 3.63) is 142 Å². The summed E-state index contributed by atoms with van der Waals surface area (Å²) < 4.78 is 8.09. The number of amides is 3. The molecule has 1 atom stereocenters. The first-order valence-electron chi connectivity index (χ1n) is 19.2. The quantitative estimate of drug-likeness (QED) is 0.155. The van der Waals surface area contributed by atoms with E-state index in [1.165, 1.54) is 5.56 Å². The molecule has 0 radical (unpaired) electrons. The molecule has 5 aromatic rings. The Kier molecular flexibility index (Phi) is 10.9. The molecule has 0 bridgehead atoms. The number of hydrogen-bond donors (Lipinski definition) is 0. The van der Waals surface area contributed by atoms with E-state index in [9.17, 15) is 14.4 Å². The highest BCUT2D eigenvalue weighted by Gasteiger charge is 2.32. The van der Waals surface area contributed by atoms with Crippen LogP contribution in [-0.2, 0) is 44.2 Å². The van der Waals surface area contributed by atoms with E-state index in [1.807, 2.05) is 115 Å². The summed E-state index contributed by atoms with van der Waals surface area (Å²) in [6, 6.07) is 31.8. The number of ether oxygens (including phenoxy) is 1. The van der Waals surface area contributed by atoms with Gasteiger partial charge in [0.15, 0.2) is 0 Å². The maximum absolute atomic E-state index is 14.9. The monoisotopic (exact) mass is 737 g/mol. The van der Waals surface area contributed by atoms with E-state index in [2.05, 4.69) is 36.1 Å². The fourth-order valence-electron chi connectivity index (χ4n) is 7.84. The molecule has 2 aliphatic rings. The first kappa shape index (κ1) is 37.6. The van der Waals surface area contributed by atoms with Crippen molar-refractivity contribution >= 4 is 23.4 Å². The van der Waals surface area contributed by atoms with Crippen molar-refractivity contribution in [1.29, 1.82) is 0 Å². The van der Waals surface area contributed by atoms with E-state index in [1.54, 1.807) is 11.9 Å². The smallest absolute Gasteiger partial charge is 0.259 e. The lowest BCUT2D eigenvalue weighted by atomic mass is 9.89. The van der Waals surface area contributed by atoms with Gasteiger partial charge in [0, 0.05) is 80.1 Å². The van der Waals surface area contributed by atoms with Gasteiger partial charge in [-0.05, 0) is 99.4 Å². The van der Waals surface area contributed by atoms with Gasteiger partial charge < -0.3 is 28.9 Å². The van der Waals surface area contributed by atoms with Crippen molar-refractivity contribution in [2.24, 2.45) is 7.05 Å². The zero-order valence-electron chi connectivity index (χ0n) is 32.8. The molecule has 1 aromatic heterocycles. The number of anilines is 1. The minimum absolute atomic E-state index is 0.00354. The molecule has 3 amide bonds. The lowest BCUT2D eigenvalue weighted by molar-refractivity contribution is -0.131. The highest BCUT2D eigenvalue weighted by molar-refractivity contribution is 6.08. The third-order valence-corrected chi connectivity index (χ3v) is 11.3. The number of benzene rings is 4. The SMILES string of the molecule is Cc1c(C(=O)N(C)c2ccccc2)cc(-c2cc3c(cc2C(=O)N2Cc4ccccc4C[C@H]2C)CN(C(=O)Cc2ccccc2OCCN(C)C)CC3)n1C. The van der Waals surface area contributed by atoms with Crippen LogP contribution in [0.3, 0.4) is 0 Å². The highest BCUT2D eigenvalue weighted by atomic mass is 16.5. The van der Waals surface area contributed by atoms with E-state index in [4.69, 9.17) is 4.74 Å². The number of rotatable bonds is 10. The zero-order chi connectivity index (χ0) is 38.8. The molecular formula is C46H51N5O4. The van der Waals surface area contributed by atoms with Crippen molar-refractivity contribution in [2.45, 2.75) is 52.2 Å². The van der Waals surface area contributed by atoms with Crippen LogP contribution < -0.4 is 9.64 Å². The third-order valence-electron chi connectivity index (χ3n) is 11.3. The largest absolute Gasteiger partial charge is 0.492 e. The van der Waals surface area contributed by atoms with Crippen LogP contribution in [0.25, 0.3) is 11.3 Å². The van der Waals surface area contributed by atoms with Gasteiger partial charge in [0.2, 0.25) is 5.91 Å². The number of carbonyl (C=O) groups excluding carboxylic acids is 3. The lowest BCUT2D eigenvalue weighted by Crippen LogP contribution is -2.43. The summed E-state index contributed by atoms with van der Waals surface area (Å²) in [7, 11) is 7.76. The van der Waals surface area contributed by atoms with Crippen LogP contribution >= 0.6 is 0 Å². The zero-order valence-corrected chi connectivity index (χ0v) is 32.8. The van der Waals surface area contributed by atoms with Crippen LogP contribution in [0.4, 0.5) is 5.69 Å². The normalized spacial score (nSPS) is 15.1. The van der Waals surface area contributed by atoms with E-state index in [0.717, 1.165) is 63.6 Å². The van der Waals surface area contributed by atoms with Crippen LogP contribution in [0.5, 0.6) is 5.75 Å². The van der Waals surface area contributed by atoms with Gasteiger partial charge in [-0.1, -0.05) is 60.7 Å². The number of likely N-dealkylation sites (N-methyl/N-ethyl adjacent to an activating group) is 1. The van der Waals surface area contributed by atoms with Crippen LogP contribution in [-0.4, -0.2) is 83.9 Å². The number of para-hydroxylation sites is 2. The van der Waals surface area contributed by atoms with Crippen molar-refractivity contribution in [1.82, 2.24) is 19.3 Å². The summed E-state index contributed by atoms with van der Waals surface area (Å²) in [5, 5.41) is 0. The summed E-state index contributed by atoms with van der Waals surface area (Å²) in [4.78, 5) is 50.3. The molecule has 0 spiro atoms. The average molecular weight is 738 g/mol. The Hall–Kier alpha value is -5.67. The van der Waals surface area contributed by atoms with Gasteiger partial charge in [0.25, 0.3) is 11.8 Å². The first-order chi connectivity index (χ1) is 26.5. The predicted molar refractivity (Wildman–Crippen MR) is 218 cm³/mol. The van der Waals surface area contributed by atoms with Crippen LogP contribution in [0, 0.1) is 6.92 Å². The van der Waals surface area contributed by atoms with Gasteiger partial charge >= 0.3 is 0 Å². The summed E-state index contributed by atoms with van der Waals surface area (Å²) in [5.41, 5.74) is 9.76. The Morgan fingerprint density at radius 3 is 2.27 bits per heavy atom. The summed E-state index contributed by atoms with van der Waals surface area (Å²) in [6.45, 7) is 6.88. The predicted octanol–water partition coefficient (Wildman–Crippen LogP) is 6.93. The third kappa shape index (κ3) is 7.80. The van der Waals surface area contributed by atoms with Gasteiger partial charge in [-0.25, -0.2) is 0 Å². The molecule has 9 heteroatoms. The Morgan fingerprint density at radius 1 is 0.800 bits per heavy atom. The van der Waals surface area contributed by atoms with Crippen molar-refractivity contribution in [2.75, 3.05) is 45.7 Å². The van der Waals surface area contributed by atoms with E-state index in [-0.39, 0.29) is 30.2 Å². The Labute approximate surface area is 324 Å². The van der Waals surface area contributed by atoms with Gasteiger partial charge in [0.1, 0.15) is 12.4 Å². The fourth-order valence-corrected chi connectivity index (χ4v) is 7.84. The van der Waals surface area contributed by atoms with Crippen molar-refractivity contribution < 1.29 is 19.1 Å². The summed E-state index contributed by atoms with van der Waals surface area (Å²) in [6.07, 6.45) is 1.67. The Morgan fingerprint density at radius 2 is 1.51 bits per heavy atom. The molecular weight excluding hydrogens is 687 g/mol. The first-order valence-corrected chi connectivity index (χ1v) is 19.2. The molecule has 3 heterocycles. The van der Waals surface area contributed by atoms with E-state index in [0.29, 0.717) is 43.8 Å². The Balaban J connectivity index is 1.23. The number of fused-ring (bicyclic) bond motifs is 2. The molecule has 4 aromatic carbocycles. The standard InChI is InChI=1S/C46H51N5O4/c1-31-24-33-14-10-11-16-36(33)30-51(31)46(54)41-26-37-29-50(44(52)27-35-15-12-13-19-43(35)55-23-22-47(3)4)21-20-34(37)25-40(41)42-28-39(32(2)48(42)5)45(53)49(6)38-17-8-7-9-18-38/h7-19,25-26,28,31H,20-24,27,29-30H2,1-6H3/t31-/m1/s1. The second-order valence-corrected chi connectivity index (χ2v) is 15.2. The van der Waals surface area contributed by atoms with Gasteiger partial charge in [0.05, 0.1) is 12.0 Å². The van der Waals surface area contributed by atoms with Gasteiger partial charge in [-0.3, -0.25) is 14.4 Å². The van der Waals surface area contributed by atoms with E-state index < -0.39 is 0 Å². The van der Waals surface area contributed by atoms with Crippen LogP contribution in [0.2, 0.25) is 0 Å². The second kappa shape index (κ2) is 16.0. The molecule has 284 valence electrons. The molecule has 2 aliphatic heterocycles. The van der Waals surface area contributed by atoms with Crippen LogP contribution in [0.15, 0.2) is 97.1 Å². The average Bonchev–Trinajstić information content (AvgIpc) is 3.49. The Bertz CT molecular complexity index is 2220. The lowest BCUT2D eigenvalue weighted by Gasteiger charge is -2.36. The summed E-state index contributed by atoms with van der Waals surface area (Å²) in [5.74, 6) is 0.587. The number of aromatic nitrogens is 1. The molecule has 0 saturated carbocycles. The highest BCUT2D eigenvalue weighted by Crippen LogP contribution is 2.36. The molecule has 0 N–H and O–H groups in total. The molecule has 55 heavy (non-hydrogen) atoms. The van der Waals surface area contributed by atoms with Crippen molar-refractivity contribution in [3.63, 3.8) is 0 Å². The number of hydrogen-bond acceptors (Lipinski definition) is 5. The number of carbonyl (C=O) groups is 3. The summed E-state index contributed by atoms with van der Waals surface area (Å²) >= 11 is 0. The second-order valence-electron chi connectivity index (χ2n) is 15.2. The van der Waals surface area contributed by atoms with E-state index >= 15 is 0 Å². The van der Waals surface area contributed by atoms with Gasteiger partial charge in [-0.2, -0.15) is 0 Å². The molecule has 7 rings (SSSR count). The molecule has 9 nitrogen and oxygen atoms in total. The maximum atomic E-state index is 14.9. The molecule has 0 fully saturated rings.